The molecule has 1 atom stereocenters. The topological polar surface area (TPSA) is 505 Å². The molecule has 9 amide bonds. The number of amides is 9. The van der Waals surface area contributed by atoms with Crippen LogP contribution in [0.1, 0.15) is 51.4 Å². The summed E-state index contributed by atoms with van der Waals surface area (Å²) in [5, 5.41) is 13.8. The minimum Gasteiger partial charge on any atom is -0.420 e. The number of carbonyl (C=O) groups is 10. The summed E-state index contributed by atoms with van der Waals surface area (Å²) in [5.74, 6) is -13.0. The lowest BCUT2D eigenvalue weighted by Gasteiger charge is -2.19. The van der Waals surface area contributed by atoms with Crippen molar-refractivity contribution in [1.82, 2.24) is 36.4 Å². The zero-order valence-corrected chi connectivity index (χ0v) is 81.3. The van der Waals surface area contributed by atoms with Crippen molar-refractivity contribution >= 4 is 59.1 Å². The molecule has 3 rings (SSSR count). The van der Waals surface area contributed by atoms with Gasteiger partial charge < -0.3 is 164 Å². The molecule has 0 unspecified atom stereocenters. The summed E-state index contributed by atoms with van der Waals surface area (Å²) >= 11 is 0. The van der Waals surface area contributed by atoms with Gasteiger partial charge in [-0.15, -0.1) is 0 Å². The van der Waals surface area contributed by atoms with Crippen LogP contribution in [0.4, 0.5) is 17.6 Å². The summed E-state index contributed by atoms with van der Waals surface area (Å²) in [6.45, 7) is 19.9. The van der Waals surface area contributed by atoms with Gasteiger partial charge in [0.05, 0.1) is 376 Å². The molecule has 141 heavy (non-hydrogen) atoms. The van der Waals surface area contributed by atoms with Crippen LogP contribution in [0, 0.1) is 23.3 Å². The van der Waals surface area contributed by atoms with Gasteiger partial charge in [0.25, 0.3) is 23.6 Å². The first-order valence-electron chi connectivity index (χ1n) is 47.7. The second-order valence-electron chi connectivity index (χ2n) is 29.4. The van der Waals surface area contributed by atoms with Crippen molar-refractivity contribution in [1.29, 1.82) is 0 Å². The van der Waals surface area contributed by atoms with Gasteiger partial charge in [-0.3, -0.25) is 57.7 Å². The Morgan fingerprint density at radius 3 is 0.702 bits per heavy atom. The van der Waals surface area contributed by atoms with Crippen molar-refractivity contribution in [2.45, 2.75) is 57.4 Å². The molecule has 0 spiro atoms. The second kappa shape index (κ2) is 94.7. The van der Waals surface area contributed by atoms with Crippen molar-refractivity contribution in [2.75, 3.05) is 409 Å². The third-order valence-corrected chi connectivity index (χ3v) is 18.5. The number of esters is 1. The molecule has 0 aromatic heterocycles. The Hall–Kier alpha value is -7.60. The predicted molar refractivity (Wildman–Crippen MR) is 487 cm³/mol. The molecule has 5 N–H and O–H groups in total. The summed E-state index contributed by atoms with van der Waals surface area (Å²) in [6.07, 6.45) is 5.71. The van der Waals surface area contributed by atoms with E-state index in [-0.39, 0.29) is 161 Å². The van der Waals surface area contributed by atoms with Gasteiger partial charge in [0.1, 0.15) is 6.04 Å². The molecule has 812 valence electrons. The zero-order valence-electron chi connectivity index (χ0n) is 81.3. The van der Waals surface area contributed by atoms with Gasteiger partial charge in [0.2, 0.25) is 46.9 Å². The predicted octanol–water partition coefficient (Wildman–Crippen LogP) is -0.466. The van der Waals surface area contributed by atoms with Crippen molar-refractivity contribution < 1.29 is 203 Å². The third-order valence-electron chi connectivity index (χ3n) is 18.5. The average molecular weight is 2040 g/mol. The highest BCUT2D eigenvalue weighted by atomic mass is 19.2. The van der Waals surface area contributed by atoms with Gasteiger partial charge in [0, 0.05) is 95.3 Å². The number of rotatable bonds is 107. The molecule has 1 aromatic carbocycles. The summed E-state index contributed by atoms with van der Waals surface area (Å²) < 4.78 is 213. The van der Waals surface area contributed by atoms with Gasteiger partial charge in [0.15, 0.2) is 11.6 Å². The number of imide groups is 2. The highest BCUT2D eigenvalue weighted by molar-refractivity contribution is 6.13. The van der Waals surface area contributed by atoms with Crippen LogP contribution in [0.2, 0.25) is 0 Å². The summed E-state index contributed by atoms with van der Waals surface area (Å²) in [5.41, 5.74) is 0. The fraction of sp³-hybridized carbons (Fsp3) is 0.780. The Bertz CT molecular complexity index is 3360. The highest BCUT2D eigenvalue weighted by Crippen LogP contribution is 2.27. The largest absolute Gasteiger partial charge is 0.420 e. The van der Waals surface area contributed by atoms with Crippen molar-refractivity contribution in [3.8, 4) is 5.75 Å². The monoisotopic (exact) mass is 2040 g/mol. The molecule has 0 saturated heterocycles. The maximum atomic E-state index is 13.8. The van der Waals surface area contributed by atoms with E-state index in [1.807, 2.05) is 0 Å². The fourth-order valence-corrected chi connectivity index (χ4v) is 11.2. The van der Waals surface area contributed by atoms with Crippen LogP contribution >= 0.6 is 0 Å². The highest BCUT2D eigenvalue weighted by Gasteiger charge is 2.27. The van der Waals surface area contributed by atoms with E-state index in [9.17, 15) is 65.5 Å². The van der Waals surface area contributed by atoms with E-state index in [1.54, 1.807) is 0 Å². The molecule has 0 fully saturated rings. The summed E-state index contributed by atoms with van der Waals surface area (Å²) in [7, 11) is 0. The molecule has 2 aliphatic rings. The Kier molecular flexibility index (Phi) is 85.6. The van der Waals surface area contributed by atoms with E-state index < -0.39 is 82.9 Å². The van der Waals surface area contributed by atoms with Gasteiger partial charge in [-0.1, -0.05) is 0 Å². The Balaban J connectivity index is 1.08. The Labute approximate surface area is 821 Å². The molecular formula is C91H151F4N7O39. The molecule has 0 radical (unpaired) electrons. The van der Waals surface area contributed by atoms with E-state index in [1.165, 1.54) is 24.3 Å². The SMILES string of the molecule is O=C(CCOCCOCCOCCOCCOCCOCCOCCOCCOCCOCCOCCOCCNC(=O)CCN1C(=O)C=CC1=O)NCCCC[C@H](NC(=O)CCOCCOCCOCCOCCOCCOCCOCCOCCOCCOCCOCCOCCNC(=O)CCN1C(=O)C=CC1=O)C(=O)NCCOCCOCCOCCOCCC(=O)Oc1c(F)c(F)cc(F)c1F. The molecule has 0 bridgehead atoms. The van der Waals surface area contributed by atoms with Crippen molar-refractivity contribution in [3.63, 3.8) is 0 Å². The van der Waals surface area contributed by atoms with E-state index >= 15 is 0 Å². The van der Waals surface area contributed by atoms with Crippen LogP contribution in [-0.4, -0.2) is 484 Å². The van der Waals surface area contributed by atoms with Crippen molar-refractivity contribution in [3.05, 3.63) is 53.6 Å². The smallest absolute Gasteiger partial charge is 0.313 e. The molecule has 2 heterocycles. The molecule has 0 aliphatic carbocycles. The van der Waals surface area contributed by atoms with Crippen LogP contribution in [-0.2, 0) is 181 Å². The van der Waals surface area contributed by atoms with Crippen LogP contribution < -0.4 is 31.3 Å². The first-order chi connectivity index (χ1) is 69.1. The normalized spacial score (nSPS) is 12.7. The first kappa shape index (κ1) is 128. The van der Waals surface area contributed by atoms with Crippen molar-refractivity contribution in [2.24, 2.45) is 0 Å². The van der Waals surface area contributed by atoms with Gasteiger partial charge in [-0.05, 0) is 19.3 Å². The molecule has 1 aromatic rings. The minimum atomic E-state index is -1.84. The molecule has 46 nitrogen and oxygen atoms in total. The van der Waals surface area contributed by atoms with Gasteiger partial charge >= 0.3 is 5.97 Å². The van der Waals surface area contributed by atoms with Crippen LogP contribution in [0.3, 0.4) is 0 Å². The Morgan fingerprint density at radius 1 is 0.241 bits per heavy atom. The average Bonchev–Trinajstić information content (AvgIpc) is 1.67. The lowest BCUT2D eigenvalue weighted by molar-refractivity contribution is -0.139. The second-order valence-corrected chi connectivity index (χ2v) is 29.4. The fourth-order valence-electron chi connectivity index (χ4n) is 11.2. The molecular weight excluding hydrogens is 1890 g/mol. The van der Waals surface area contributed by atoms with Crippen LogP contribution in [0.5, 0.6) is 5.75 Å². The maximum absolute atomic E-state index is 13.8. The number of nitrogens with one attached hydrogen (secondary N) is 5. The number of benzene rings is 1. The lowest BCUT2D eigenvalue weighted by Crippen LogP contribution is -2.47. The standard InChI is InChI=1S/C91H151F4N7O39/c92-76-75-77(93)89(95)90(88(76)94)141-87(111)12-21-115-27-33-121-37-40-124-36-30-118-24-16-99-91(112)78(100-82(106)11-20-114-26-32-120-39-44-126-48-52-130-56-60-134-64-68-138-72-74-140-70-66-136-62-58-132-54-50-128-46-42-123-35-29-117-23-15-98-80(104)9-18-102-85(109)6-7-86(102)110)3-1-2-13-96-81(105)10-19-113-25-31-119-38-43-125-47-51-129-55-59-133-63-67-137-71-73-139-69-65-135-61-57-131-53-49-127-45-41-122-34-28-116-22-14-97-79(103)8-17-101-83(107)4-5-84(101)108/h4-7,75,78H,1-3,8-74H2,(H,96,105)(H,97,103)(H,98,104)(H,99,112)(H,100,106)/t78-/m0/s1. The molecule has 0 saturated carbocycles. The van der Waals surface area contributed by atoms with E-state index in [0.717, 1.165) is 9.80 Å². The Morgan fingerprint density at radius 2 is 0.447 bits per heavy atom. The zero-order chi connectivity index (χ0) is 101. The van der Waals surface area contributed by atoms with Gasteiger partial charge in [-0.25, -0.2) is 8.78 Å². The minimum absolute atomic E-state index is 0.00530. The number of unbranched alkanes of at least 4 members (excludes halogenated alkanes) is 1. The number of nitrogens with zero attached hydrogens (tertiary/aromatic N) is 2. The van der Waals surface area contributed by atoms with E-state index in [2.05, 4.69) is 31.3 Å². The number of hydrogen-bond acceptors (Lipinski definition) is 39. The van der Waals surface area contributed by atoms with E-state index in [0.29, 0.717) is 317 Å². The number of carbonyl (C=O) groups excluding carboxylic acids is 10. The van der Waals surface area contributed by atoms with E-state index in [4.69, 9.17) is 133 Å². The lowest BCUT2D eigenvalue weighted by atomic mass is 10.1. The van der Waals surface area contributed by atoms with Gasteiger partial charge in [-0.2, -0.15) is 8.78 Å². The number of hydrogen-bond donors (Lipinski definition) is 5. The number of ether oxygens (including phenoxy) is 29. The first-order valence-corrected chi connectivity index (χ1v) is 47.7. The summed E-state index contributed by atoms with van der Waals surface area (Å²) in [4.78, 5) is 123. The van der Waals surface area contributed by atoms with Crippen LogP contribution in [0.15, 0.2) is 30.4 Å². The number of halogens is 4. The quantitative estimate of drug-likeness (QED) is 0.0137. The third kappa shape index (κ3) is 77.5. The van der Waals surface area contributed by atoms with Crippen LogP contribution in [0.25, 0.3) is 0 Å². The molecule has 50 heteroatoms. The molecule has 2 aliphatic heterocycles. The maximum Gasteiger partial charge on any atom is 0.313 e. The summed E-state index contributed by atoms with van der Waals surface area (Å²) in [6, 6.07) is -0.894.